The van der Waals surface area contributed by atoms with E-state index in [1.807, 2.05) is 13.0 Å². The van der Waals surface area contributed by atoms with Gasteiger partial charge in [-0.3, -0.25) is 5.10 Å². The largest absolute Gasteiger partial charge is 0.352 e. The highest BCUT2D eigenvalue weighted by Gasteiger charge is 2.21. The van der Waals surface area contributed by atoms with Crippen LogP contribution in [0, 0.1) is 12.7 Å². The van der Waals surface area contributed by atoms with Crippen LogP contribution in [-0.4, -0.2) is 36.4 Å². The van der Waals surface area contributed by atoms with Gasteiger partial charge < -0.3 is 10.2 Å². The lowest BCUT2D eigenvalue weighted by molar-refractivity contribution is 0.584. The van der Waals surface area contributed by atoms with Crippen molar-refractivity contribution in [3.8, 4) is 11.1 Å². The lowest BCUT2D eigenvalue weighted by atomic mass is 10.0. The summed E-state index contributed by atoms with van der Waals surface area (Å²) in [5.74, 6) is 0.646. The molecular weight excluding hydrogens is 243 g/mol. The number of aromatic nitrogens is 2. The Bertz CT molecular complexity index is 573. The van der Waals surface area contributed by atoms with Crippen molar-refractivity contribution in [1.29, 1.82) is 0 Å². The van der Waals surface area contributed by atoms with E-state index in [-0.39, 0.29) is 5.82 Å². The van der Waals surface area contributed by atoms with E-state index < -0.39 is 0 Å². The number of piperazine rings is 1. The molecule has 0 amide bonds. The molecule has 0 radical (unpaired) electrons. The fourth-order valence-corrected chi connectivity index (χ4v) is 2.51. The molecule has 1 fully saturated rings. The van der Waals surface area contributed by atoms with Gasteiger partial charge in [-0.2, -0.15) is 5.10 Å². The summed E-state index contributed by atoms with van der Waals surface area (Å²) in [7, 11) is 0. The Hall–Kier alpha value is -1.88. The van der Waals surface area contributed by atoms with Gasteiger partial charge in [0.1, 0.15) is 5.82 Å². The normalized spacial score (nSPS) is 15.8. The van der Waals surface area contributed by atoms with Gasteiger partial charge in [0.05, 0.1) is 0 Å². The molecule has 0 bridgehead atoms. The van der Waals surface area contributed by atoms with Crippen molar-refractivity contribution in [2.45, 2.75) is 6.92 Å². The minimum absolute atomic E-state index is 0.205. The highest BCUT2D eigenvalue weighted by molar-refractivity contribution is 5.78. The van der Waals surface area contributed by atoms with E-state index in [9.17, 15) is 4.39 Å². The maximum absolute atomic E-state index is 14.0. The molecule has 0 atom stereocenters. The molecule has 1 aliphatic rings. The molecule has 1 aliphatic heterocycles. The fraction of sp³-hybridized carbons (Fsp3) is 0.357. The van der Waals surface area contributed by atoms with Crippen LogP contribution in [0.25, 0.3) is 11.1 Å². The Kier molecular flexibility index (Phi) is 3.21. The van der Waals surface area contributed by atoms with Crippen molar-refractivity contribution in [2.24, 2.45) is 0 Å². The third-order valence-electron chi connectivity index (χ3n) is 3.49. The highest BCUT2D eigenvalue weighted by atomic mass is 19.1. The van der Waals surface area contributed by atoms with E-state index in [1.54, 1.807) is 12.1 Å². The number of H-pyrrole nitrogens is 1. The molecule has 0 aliphatic carbocycles. The van der Waals surface area contributed by atoms with Crippen molar-refractivity contribution in [2.75, 3.05) is 31.1 Å². The molecule has 1 aromatic carbocycles. The van der Waals surface area contributed by atoms with E-state index in [1.165, 1.54) is 6.07 Å². The second-order valence-electron chi connectivity index (χ2n) is 4.76. The highest BCUT2D eigenvalue weighted by Crippen LogP contribution is 2.33. The first-order valence-corrected chi connectivity index (χ1v) is 6.53. The molecule has 2 N–H and O–H groups in total. The fourth-order valence-electron chi connectivity index (χ4n) is 2.51. The number of benzene rings is 1. The first-order valence-electron chi connectivity index (χ1n) is 6.53. The predicted octanol–water partition coefficient (Wildman–Crippen LogP) is 1.93. The van der Waals surface area contributed by atoms with Gasteiger partial charge in [-0.25, -0.2) is 4.39 Å². The standard InChI is InChI=1S/C14H17FN4/c1-10-13(11-4-2-3-5-12(11)15)14(18-17-10)19-8-6-16-7-9-19/h2-5,16H,6-9H2,1H3,(H,17,18). The quantitative estimate of drug-likeness (QED) is 0.867. The molecule has 0 unspecified atom stereocenters. The van der Waals surface area contributed by atoms with Crippen molar-refractivity contribution < 1.29 is 4.39 Å². The third kappa shape index (κ3) is 2.21. The molecule has 19 heavy (non-hydrogen) atoms. The van der Waals surface area contributed by atoms with E-state index in [4.69, 9.17) is 0 Å². The molecule has 5 heteroatoms. The molecule has 3 rings (SSSR count). The SMILES string of the molecule is Cc1[nH]nc(N2CCNCC2)c1-c1ccccc1F. The Labute approximate surface area is 111 Å². The van der Waals surface area contributed by atoms with Crippen molar-refractivity contribution in [3.05, 3.63) is 35.8 Å². The average Bonchev–Trinajstić information content (AvgIpc) is 2.82. The van der Waals surface area contributed by atoms with Gasteiger partial charge in [0.15, 0.2) is 5.82 Å². The molecule has 1 saturated heterocycles. The molecule has 2 aromatic rings. The zero-order chi connectivity index (χ0) is 13.2. The Balaban J connectivity index is 2.06. The third-order valence-corrected chi connectivity index (χ3v) is 3.49. The summed E-state index contributed by atoms with van der Waals surface area (Å²) in [5.41, 5.74) is 2.39. The second-order valence-corrected chi connectivity index (χ2v) is 4.76. The van der Waals surface area contributed by atoms with Crippen LogP contribution < -0.4 is 10.2 Å². The van der Waals surface area contributed by atoms with Gasteiger partial charge in [0, 0.05) is 43.0 Å². The summed E-state index contributed by atoms with van der Waals surface area (Å²) in [6, 6.07) is 6.85. The Morgan fingerprint density at radius 1 is 1.21 bits per heavy atom. The maximum atomic E-state index is 14.0. The van der Waals surface area contributed by atoms with Crippen LogP contribution in [0.15, 0.2) is 24.3 Å². The summed E-state index contributed by atoms with van der Waals surface area (Å²) in [5, 5.41) is 10.7. The van der Waals surface area contributed by atoms with Crippen molar-refractivity contribution in [1.82, 2.24) is 15.5 Å². The molecule has 1 aromatic heterocycles. The number of aromatic amines is 1. The zero-order valence-corrected chi connectivity index (χ0v) is 10.9. The maximum Gasteiger partial charge on any atom is 0.158 e. The molecule has 100 valence electrons. The number of anilines is 1. The molecule has 2 heterocycles. The van der Waals surface area contributed by atoms with Gasteiger partial charge >= 0.3 is 0 Å². The Morgan fingerprint density at radius 3 is 2.68 bits per heavy atom. The van der Waals surface area contributed by atoms with Crippen LogP contribution in [0.5, 0.6) is 0 Å². The molecule has 4 nitrogen and oxygen atoms in total. The summed E-state index contributed by atoms with van der Waals surface area (Å²) >= 11 is 0. The van der Waals surface area contributed by atoms with Gasteiger partial charge in [-0.05, 0) is 13.0 Å². The summed E-state index contributed by atoms with van der Waals surface area (Å²) in [4.78, 5) is 2.20. The smallest absolute Gasteiger partial charge is 0.158 e. The number of aryl methyl sites for hydroxylation is 1. The van der Waals surface area contributed by atoms with Gasteiger partial charge in [0.2, 0.25) is 0 Å². The average molecular weight is 260 g/mol. The van der Waals surface area contributed by atoms with E-state index in [2.05, 4.69) is 20.4 Å². The molecule has 0 saturated carbocycles. The van der Waals surface area contributed by atoms with Crippen LogP contribution in [0.4, 0.5) is 10.2 Å². The minimum atomic E-state index is -0.205. The number of halogens is 1. The number of rotatable bonds is 2. The lowest BCUT2D eigenvalue weighted by Crippen LogP contribution is -2.43. The van der Waals surface area contributed by atoms with Crippen LogP contribution in [-0.2, 0) is 0 Å². The lowest BCUT2D eigenvalue weighted by Gasteiger charge is -2.28. The van der Waals surface area contributed by atoms with Crippen LogP contribution in [0.1, 0.15) is 5.69 Å². The number of hydrogen-bond acceptors (Lipinski definition) is 3. The van der Waals surface area contributed by atoms with E-state index in [0.717, 1.165) is 43.3 Å². The van der Waals surface area contributed by atoms with Crippen molar-refractivity contribution in [3.63, 3.8) is 0 Å². The second kappa shape index (κ2) is 5.01. The number of hydrogen-bond donors (Lipinski definition) is 2. The van der Waals surface area contributed by atoms with Crippen LogP contribution >= 0.6 is 0 Å². The van der Waals surface area contributed by atoms with E-state index >= 15 is 0 Å². The van der Waals surface area contributed by atoms with Gasteiger partial charge in [-0.1, -0.05) is 18.2 Å². The van der Waals surface area contributed by atoms with Crippen LogP contribution in [0.2, 0.25) is 0 Å². The summed E-state index contributed by atoms with van der Waals surface area (Å²) < 4.78 is 14.0. The monoisotopic (exact) mass is 260 g/mol. The van der Waals surface area contributed by atoms with E-state index in [0.29, 0.717) is 5.56 Å². The first-order chi connectivity index (χ1) is 9.27. The molecule has 0 spiro atoms. The van der Waals surface area contributed by atoms with Crippen molar-refractivity contribution >= 4 is 5.82 Å². The van der Waals surface area contributed by atoms with Gasteiger partial charge in [-0.15, -0.1) is 0 Å². The summed E-state index contributed by atoms with van der Waals surface area (Å²) in [6.45, 7) is 5.59. The Morgan fingerprint density at radius 2 is 1.95 bits per heavy atom. The zero-order valence-electron chi connectivity index (χ0n) is 10.9. The first kappa shape index (κ1) is 12.2. The molecular formula is C14H17FN4. The topological polar surface area (TPSA) is 44.0 Å². The van der Waals surface area contributed by atoms with Gasteiger partial charge in [0.25, 0.3) is 0 Å². The predicted molar refractivity (Wildman–Crippen MR) is 73.8 cm³/mol. The van der Waals surface area contributed by atoms with Crippen LogP contribution in [0.3, 0.4) is 0 Å². The minimum Gasteiger partial charge on any atom is -0.352 e. The summed E-state index contributed by atoms with van der Waals surface area (Å²) in [6.07, 6.45) is 0. The number of nitrogens with zero attached hydrogens (tertiary/aromatic N) is 2. The number of nitrogens with one attached hydrogen (secondary N) is 2.